The molecule has 1 N–H and O–H groups in total. The number of carbonyl (C=O) groups is 1. The molecule has 0 bridgehead atoms. The molecule has 5 nitrogen and oxygen atoms in total. The lowest BCUT2D eigenvalue weighted by molar-refractivity contribution is -0.122. The zero-order valence-corrected chi connectivity index (χ0v) is 17.7. The van der Waals surface area contributed by atoms with Crippen molar-refractivity contribution >= 4 is 45.0 Å². The minimum atomic E-state index is -3.64. The molecule has 1 unspecified atom stereocenters. The fraction of sp³-hybridized carbons (Fsp3) is 0.316. The van der Waals surface area contributed by atoms with Gasteiger partial charge in [0.05, 0.1) is 11.9 Å². The van der Waals surface area contributed by atoms with Gasteiger partial charge in [0.15, 0.2) is 0 Å². The summed E-state index contributed by atoms with van der Waals surface area (Å²) < 4.78 is 25.8. The van der Waals surface area contributed by atoms with Crippen molar-refractivity contribution in [1.82, 2.24) is 5.32 Å². The highest BCUT2D eigenvalue weighted by molar-refractivity contribution is 7.99. The molecule has 146 valence electrons. The lowest BCUT2D eigenvalue weighted by atomic mass is 10.2. The van der Waals surface area contributed by atoms with Crippen LogP contribution in [0.25, 0.3) is 0 Å². The highest BCUT2D eigenvalue weighted by Gasteiger charge is 2.31. The third-order valence-electron chi connectivity index (χ3n) is 3.82. The Balaban J connectivity index is 2.04. The zero-order chi connectivity index (χ0) is 19.9. The van der Waals surface area contributed by atoms with Crippen molar-refractivity contribution in [3.05, 3.63) is 59.6 Å². The molecular formula is C19H23ClN2O3S2. The Morgan fingerprint density at radius 1 is 1.15 bits per heavy atom. The SMILES string of the molecule is CCC(C(=O)NCCSc1ccccc1)N(c1ccc(Cl)cc1)S(C)(=O)=O. The minimum absolute atomic E-state index is 0.313. The third kappa shape index (κ3) is 6.45. The van der Waals surface area contributed by atoms with E-state index in [1.165, 1.54) is 0 Å². The number of amides is 1. The molecule has 1 amide bonds. The first-order valence-corrected chi connectivity index (χ1v) is 11.7. The summed E-state index contributed by atoms with van der Waals surface area (Å²) in [6.45, 7) is 2.24. The summed E-state index contributed by atoms with van der Waals surface area (Å²) in [7, 11) is -3.64. The van der Waals surface area contributed by atoms with Gasteiger partial charge in [-0.3, -0.25) is 9.10 Å². The maximum Gasteiger partial charge on any atom is 0.243 e. The molecule has 2 rings (SSSR count). The second kappa shape index (κ2) is 10.0. The van der Waals surface area contributed by atoms with Gasteiger partial charge >= 0.3 is 0 Å². The van der Waals surface area contributed by atoms with Gasteiger partial charge in [-0.1, -0.05) is 36.7 Å². The molecule has 2 aromatic rings. The normalized spacial score (nSPS) is 12.4. The van der Waals surface area contributed by atoms with Crippen molar-refractivity contribution in [1.29, 1.82) is 0 Å². The van der Waals surface area contributed by atoms with Crippen molar-refractivity contribution in [2.75, 3.05) is 22.9 Å². The molecule has 1 atom stereocenters. The van der Waals surface area contributed by atoms with Gasteiger partial charge in [0.1, 0.15) is 6.04 Å². The summed E-state index contributed by atoms with van der Waals surface area (Å²) in [6, 6.07) is 15.5. The second-order valence-electron chi connectivity index (χ2n) is 5.91. The molecule has 0 fully saturated rings. The van der Waals surface area contributed by atoms with Crippen LogP contribution in [-0.2, 0) is 14.8 Å². The molecule has 0 heterocycles. The second-order valence-corrected chi connectivity index (χ2v) is 9.38. The summed E-state index contributed by atoms with van der Waals surface area (Å²) in [6.07, 6.45) is 1.45. The van der Waals surface area contributed by atoms with E-state index in [-0.39, 0.29) is 5.91 Å². The highest BCUT2D eigenvalue weighted by atomic mass is 35.5. The van der Waals surface area contributed by atoms with Crippen LogP contribution in [-0.4, -0.2) is 38.9 Å². The van der Waals surface area contributed by atoms with Crippen molar-refractivity contribution in [2.24, 2.45) is 0 Å². The number of hydrogen-bond donors (Lipinski definition) is 1. The third-order valence-corrected chi connectivity index (χ3v) is 6.27. The monoisotopic (exact) mass is 426 g/mol. The molecule has 0 saturated carbocycles. The predicted octanol–water partition coefficient (Wildman–Crippen LogP) is 3.79. The molecule has 0 radical (unpaired) electrons. The fourth-order valence-corrected chi connectivity index (χ4v) is 4.75. The summed E-state index contributed by atoms with van der Waals surface area (Å²) in [5, 5.41) is 3.35. The van der Waals surface area contributed by atoms with Crippen molar-refractivity contribution in [2.45, 2.75) is 24.3 Å². The Morgan fingerprint density at radius 3 is 2.33 bits per heavy atom. The van der Waals surface area contributed by atoms with Crippen molar-refractivity contribution in [3.8, 4) is 0 Å². The van der Waals surface area contributed by atoms with Crippen molar-refractivity contribution in [3.63, 3.8) is 0 Å². The van der Waals surface area contributed by atoms with Crippen LogP contribution in [0.15, 0.2) is 59.5 Å². The molecule has 0 aliphatic heterocycles. The number of rotatable bonds is 9. The van der Waals surface area contributed by atoms with Crippen LogP contribution in [0.4, 0.5) is 5.69 Å². The maximum atomic E-state index is 12.7. The van der Waals surface area contributed by atoms with E-state index >= 15 is 0 Å². The topological polar surface area (TPSA) is 66.5 Å². The zero-order valence-electron chi connectivity index (χ0n) is 15.3. The first-order valence-electron chi connectivity index (χ1n) is 8.53. The standard InChI is InChI=1S/C19H23ClN2O3S2/c1-3-18(19(23)21-13-14-26-17-7-5-4-6-8-17)22(27(2,24)25)16-11-9-15(20)10-12-16/h4-12,18H,3,13-14H2,1-2H3,(H,21,23). The Bertz CT molecular complexity index is 843. The minimum Gasteiger partial charge on any atom is -0.353 e. The average Bonchev–Trinajstić information content (AvgIpc) is 2.64. The molecule has 27 heavy (non-hydrogen) atoms. The van der Waals surface area contributed by atoms with Crippen LogP contribution in [0.5, 0.6) is 0 Å². The summed E-state index contributed by atoms with van der Waals surface area (Å²) >= 11 is 7.52. The smallest absolute Gasteiger partial charge is 0.243 e. The van der Waals surface area contributed by atoms with Crippen LogP contribution in [0, 0.1) is 0 Å². The Labute approximate surface area is 170 Å². The van der Waals surface area contributed by atoms with Crippen LogP contribution >= 0.6 is 23.4 Å². The van der Waals surface area contributed by atoms with E-state index in [1.54, 1.807) is 43.0 Å². The fourth-order valence-electron chi connectivity index (χ4n) is 2.63. The van der Waals surface area contributed by atoms with Crippen molar-refractivity contribution < 1.29 is 13.2 Å². The van der Waals surface area contributed by atoms with Gasteiger partial charge in [-0.2, -0.15) is 0 Å². The van der Waals surface area contributed by atoms with Gasteiger partial charge in [0.25, 0.3) is 0 Å². The molecule has 0 spiro atoms. The highest BCUT2D eigenvalue weighted by Crippen LogP contribution is 2.24. The van der Waals surface area contributed by atoms with Crippen LogP contribution in [0.2, 0.25) is 5.02 Å². The predicted molar refractivity (Wildman–Crippen MR) is 113 cm³/mol. The summed E-state index contributed by atoms with van der Waals surface area (Å²) in [4.78, 5) is 13.8. The van der Waals surface area contributed by atoms with Gasteiger partial charge in [0.2, 0.25) is 15.9 Å². The van der Waals surface area contributed by atoms with E-state index in [1.807, 2.05) is 30.3 Å². The number of hydrogen-bond acceptors (Lipinski definition) is 4. The molecular weight excluding hydrogens is 404 g/mol. The molecule has 0 aromatic heterocycles. The number of anilines is 1. The van der Waals surface area contributed by atoms with E-state index in [0.717, 1.165) is 15.5 Å². The molecule has 0 aliphatic rings. The Hall–Kier alpha value is -1.70. The maximum absolute atomic E-state index is 12.7. The van der Waals surface area contributed by atoms with Crippen LogP contribution < -0.4 is 9.62 Å². The van der Waals surface area contributed by atoms with Gasteiger partial charge in [-0.25, -0.2) is 8.42 Å². The van der Waals surface area contributed by atoms with Gasteiger partial charge < -0.3 is 5.32 Å². The van der Waals surface area contributed by atoms with E-state index in [2.05, 4.69) is 5.32 Å². The molecule has 0 aliphatic carbocycles. The molecule has 0 saturated heterocycles. The number of sulfonamides is 1. The Morgan fingerprint density at radius 2 is 1.78 bits per heavy atom. The van der Waals surface area contributed by atoms with E-state index in [9.17, 15) is 13.2 Å². The number of nitrogens with one attached hydrogen (secondary N) is 1. The number of benzene rings is 2. The Kier molecular flexibility index (Phi) is 8.01. The average molecular weight is 427 g/mol. The number of nitrogens with zero attached hydrogens (tertiary/aromatic N) is 1. The lowest BCUT2D eigenvalue weighted by Gasteiger charge is -2.30. The quantitative estimate of drug-likeness (QED) is 0.489. The summed E-state index contributed by atoms with van der Waals surface area (Å²) in [5.74, 6) is 0.387. The lowest BCUT2D eigenvalue weighted by Crippen LogP contribution is -2.49. The van der Waals surface area contributed by atoms with Gasteiger partial charge in [0, 0.05) is 22.2 Å². The number of thioether (sulfide) groups is 1. The van der Waals surface area contributed by atoms with Crippen LogP contribution in [0.3, 0.4) is 0 Å². The first-order chi connectivity index (χ1) is 12.8. The first kappa shape index (κ1) is 21.6. The summed E-state index contributed by atoms with van der Waals surface area (Å²) in [5.41, 5.74) is 0.419. The van der Waals surface area contributed by atoms with Gasteiger partial charge in [-0.15, -0.1) is 11.8 Å². The van der Waals surface area contributed by atoms with E-state index in [0.29, 0.717) is 29.4 Å². The largest absolute Gasteiger partial charge is 0.353 e. The van der Waals surface area contributed by atoms with Gasteiger partial charge in [-0.05, 0) is 42.8 Å². The van der Waals surface area contributed by atoms with E-state index in [4.69, 9.17) is 11.6 Å². The van der Waals surface area contributed by atoms with Crippen LogP contribution in [0.1, 0.15) is 13.3 Å². The molecule has 8 heteroatoms. The van der Waals surface area contributed by atoms with E-state index < -0.39 is 16.1 Å². The molecule has 2 aromatic carbocycles. The number of carbonyl (C=O) groups excluding carboxylic acids is 1. The number of halogens is 1.